The maximum absolute atomic E-state index is 6.06. The molecule has 0 heterocycles. The number of halogens is 1. The molecule has 0 aromatic rings. The van der Waals surface area contributed by atoms with Gasteiger partial charge in [0.05, 0.1) is 5.38 Å². The number of hydrogen-bond donors (Lipinski definition) is 0. The van der Waals surface area contributed by atoms with Crippen LogP contribution in [0.15, 0.2) is 23.3 Å². The van der Waals surface area contributed by atoms with Crippen molar-refractivity contribution in [2.24, 2.45) is 0 Å². The number of hydrogen-bond acceptors (Lipinski definition) is 0. The molecular formula is C10H17Cl. The SMILES string of the molecule is CC=C(C)C(Cl)CC=C(C)C. The van der Waals surface area contributed by atoms with Crippen LogP contribution in [-0.2, 0) is 0 Å². The van der Waals surface area contributed by atoms with E-state index in [1.165, 1.54) is 11.1 Å². The molecule has 0 amide bonds. The molecule has 0 fully saturated rings. The molecule has 0 aliphatic rings. The molecule has 1 atom stereocenters. The van der Waals surface area contributed by atoms with Crippen LogP contribution in [0.5, 0.6) is 0 Å². The minimum Gasteiger partial charge on any atom is -0.118 e. The molecular weight excluding hydrogens is 156 g/mol. The van der Waals surface area contributed by atoms with E-state index < -0.39 is 0 Å². The molecule has 1 unspecified atom stereocenters. The maximum atomic E-state index is 6.06. The Morgan fingerprint density at radius 2 is 1.91 bits per heavy atom. The molecule has 11 heavy (non-hydrogen) atoms. The normalized spacial score (nSPS) is 14.5. The topological polar surface area (TPSA) is 0 Å². The van der Waals surface area contributed by atoms with Crippen molar-refractivity contribution >= 4 is 11.6 Å². The van der Waals surface area contributed by atoms with Gasteiger partial charge in [-0.15, -0.1) is 11.6 Å². The summed E-state index contributed by atoms with van der Waals surface area (Å²) in [5.74, 6) is 0. The van der Waals surface area contributed by atoms with Gasteiger partial charge in [-0.05, 0) is 34.1 Å². The van der Waals surface area contributed by atoms with Gasteiger partial charge in [0.1, 0.15) is 0 Å². The summed E-state index contributed by atoms with van der Waals surface area (Å²) in [5.41, 5.74) is 2.59. The predicted octanol–water partition coefficient (Wildman–Crippen LogP) is 3.92. The summed E-state index contributed by atoms with van der Waals surface area (Å²) < 4.78 is 0. The zero-order valence-electron chi connectivity index (χ0n) is 7.82. The Morgan fingerprint density at radius 3 is 2.27 bits per heavy atom. The van der Waals surface area contributed by atoms with E-state index in [9.17, 15) is 0 Å². The third kappa shape index (κ3) is 5.09. The summed E-state index contributed by atoms with van der Waals surface area (Å²) in [6, 6.07) is 0. The van der Waals surface area contributed by atoms with Crippen LogP contribution in [0.25, 0.3) is 0 Å². The lowest BCUT2D eigenvalue weighted by molar-refractivity contribution is 0.972. The first-order chi connectivity index (χ1) is 5.07. The van der Waals surface area contributed by atoms with Gasteiger partial charge in [-0.1, -0.05) is 23.3 Å². The molecule has 0 rings (SSSR count). The van der Waals surface area contributed by atoms with E-state index in [2.05, 4.69) is 32.9 Å². The van der Waals surface area contributed by atoms with Gasteiger partial charge in [0.15, 0.2) is 0 Å². The highest BCUT2D eigenvalue weighted by Gasteiger charge is 2.02. The molecule has 1 heteroatoms. The van der Waals surface area contributed by atoms with E-state index in [0.717, 1.165) is 6.42 Å². The van der Waals surface area contributed by atoms with Gasteiger partial charge in [-0.2, -0.15) is 0 Å². The first-order valence-corrected chi connectivity index (χ1v) is 4.41. The Labute approximate surface area is 74.9 Å². The summed E-state index contributed by atoms with van der Waals surface area (Å²) in [7, 11) is 0. The van der Waals surface area contributed by atoms with Crippen molar-refractivity contribution in [2.45, 2.75) is 39.5 Å². The lowest BCUT2D eigenvalue weighted by atomic mass is 10.1. The lowest BCUT2D eigenvalue weighted by Gasteiger charge is -2.06. The summed E-state index contributed by atoms with van der Waals surface area (Å²) in [6.45, 7) is 8.27. The maximum Gasteiger partial charge on any atom is 0.0577 e. The Kier molecular flexibility index (Phi) is 5.31. The summed E-state index contributed by atoms with van der Waals surface area (Å²) >= 11 is 6.06. The summed E-state index contributed by atoms with van der Waals surface area (Å²) in [4.78, 5) is 0. The first-order valence-electron chi connectivity index (χ1n) is 3.98. The fraction of sp³-hybridized carbons (Fsp3) is 0.600. The van der Waals surface area contributed by atoms with Crippen molar-refractivity contribution in [3.05, 3.63) is 23.3 Å². The van der Waals surface area contributed by atoms with Gasteiger partial charge in [0, 0.05) is 0 Å². The number of alkyl halides is 1. The lowest BCUT2D eigenvalue weighted by Crippen LogP contribution is -1.97. The molecule has 0 nitrogen and oxygen atoms in total. The van der Waals surface area contributed by atoms with Crippen LogP contribution in [-0.4, -0.2) is 5.38 Å². The molecule has 0 aliphatic carbocycles. The molecule has 0 aromatic heterocycles. The predicted molar refractivity (Wildman–Crippen MR) is 53.1 cm³/mol. The minimum absolute atomic E-state index is 0.176. The van der Waals surface area contributed by atoms with Crippen LogP contribution < -0.4 is 0 Å². The van der Waals surface area contributed by atoms with E-state index in [-0.39, 0.29) is 5.38 Å². The van der Waals surface area contributed by atoms with Crippen molar-refractivity contribution in [2.75, 3.05) is 0 Å². The fourth-order valence-electron chi connectivity index (χ4n) is 0.706. The highest BCUT2D eigenvalue weighted by atomic mass is 35.5. The molecule has 0 aliphatic heterocycles. The highest BCUT2D eigenvalue weighted by Crippen LogP contribution is 2.14. The Balaban J connectivity index is 3.88. The number of allylic oxidation sites excluding steroid dienone is 4. The second-order valence-electron chi connectivity index (χ2n) is 3.02. The average molecular weight is 173 g/mol. The monoisotopic (exact) mass is 172 g/mol. The van der Waals surface area contributed by atoms with Crippen LogP contribution in [0, 0.1) is 0 Å². The van der Waals surface area contributed by atoms with Gasteiger partial charge in [-0.25, -0.2) is 0 Å². The molecule has 0 saturated carbocycles. The van der Waals surface area contributed by atoms with Crippen molar-refractivity contribution in [3.8, 4) is 0 Å². The van der Waals surface area contributed by atoms with Crippen molar-refractivity contribution in [1.29, 1.82) is 0 Å². The molecule has 64 valence electrons. The fourth-order valence-corrected chi connectivity index (χ4v) is 0.921. The average Bonchev–Trinajstić information content (AvgIpc) is 1.98. The number of rotatable bonds is 3. The third-order valence-electron chi connectivity index (χ3n) is 1.68. The highest BCUT2D eigenvalue weighted by molar-refractivity contribution is 6.22. The standard InChI is InChI=1S/C10H17Cl/c1-5-9(4)10(11)7-6-8(2)3/h5-6,10H,7H2,1-4H3. The Morgan fingerprint density at radius 1 is 1.36 bits per heavy atom. The van der Waals surface area contributed by atoms with Gasteiger partial charge in [0.2, 0.25) is 0 Å². The third-order valence-corrected chi connectivity index (χ3v) is 2.20. The minimum atomic E-state index is 0.176. The second kappa shape index (κ2) is 5.42. The zero-order valence-corrected chi connectivity index (χ0v) is 8.57. The summed E-state index contributed by atoms with van der Waals surface area (Å²) in [5, 5.41) is 0.176. The molecule has 0 spiro atoms. The molecule has 0 aromatic carbocycles. The zero-order chi connectivity index (χ0) is 8.85. The van der Waals surface area contributed by atoms with Gasteiger partial charge < -0.3 is 0 Å². The van der Waals surface area contributed by atoms with Gasteiger partial charge in [0.25, 0.3) is 0 Å². The van der Waals surface area contributed by atoms with Crippen LogP contribution in [0.1, 0.15) is 34.1 Å². The van der Waals surface area contributed by atoms with Gasteiger partial charge >= 0.3 is 0 Å². The quantitative estimate of drug-likeness (QED) is 0.447. The van der Waals surface area contributed by atoms with E-state index in [1.54, 1.807) is 0 Å². The summed E-state index contributed by atoms with van der Waals surface area (Å²) in [6.07, 6.45) is 5.18. The smallest absolute Gasteiger partial charge is 0.0577 e. The molecule has 0 saturated heterocycles. The molecule has 0 radical (unpaired) electrons. The van der Waals surface area contributed by atoms with E-state index in [4.69, 9.17) is 11.6 Å². The van der Waals surface area contributed by atoms with E-state index in [1.807, 2.05) is 6.92 Å². The van der Waals surface area contributed by atoms with Crippen LogP contribution >= 0.6 is 11.6 Å². The first kappa shape index (κ1) is 10.8. The van der Waals surface area contributed by atoms with E-state index >= 15 is 0 Å². The Bertz CT molecular complexity index is 162. The van der Waals surface area contributed by atoms with Crippen molar-refractivity contribution in [3.63, 3.8) is 0 Å². The Hall–Kier alpha value is -0.230. The van der Waals surface area contributed by atoms with E-state index in [0.29, 0.717) is 0 Å². The second-order valence-corrected chi connectivity index (χ2v) is 3.54. The van der Waals surface area contributed by atoms with Gasteiger partial charge in [-0.3, -0.25) is 0 Å². The van der Waals surface area contributed by atoms with Crippen LogP contribution in [0.2, 0.25) is 0 Å². The van der Waals surface area contributed by atoms with Crippen LogP contribution in [0.4, 0.5) is 0 Å². The van der Waals surface area contributed by atoms with Crippen LogP contribution in [0.3, 0.4) is 0 Å². The van der Waals surface area contributed by atoms with Crippen molar-refractivity contribution in [1.82, 2.24) is 0 Å². The molecule has 0 bridgehead atoms. The van der Waals surface area contributed by atoms with Crippen molar-refractivity contribution < 1.29 is 0 Å². The largest absolute Gasteiger partial charge is 0.118 e. The molecule has 0 N–H and O–H groups in total.